The first-order valence-electron chi connectivity index (χ1n) is 12.2. The summed E-state index contributed by atoms with van der Waals surface area (Å²) in [6.45, 7) is 3.19. The third kappa shape index (κ3) is 6.19. The van der Waals surface area contributed by atoms with Crippen LogP contribution in [0.5, 0.6) is 0 Å². The van der Waals surface area contributed by atoms with Crippen LogP contribution >= 0.6 is 0 Å². The number of anilines is 1. The summed E-state index contributed by atoms with van der Waals surface area (Å²) in [5.74, 6) is -6.57. The standard InChI is InChI=1S/C27H25F4N5O4/c1-13-4-3-5-18-21(13)34-26(39)24(33-22(18)15-6-8-16(28)9-7-15)35-25(38)17(10-11-27(29,30)31)20(23(32)37)19-12-40-36-14(19)2/h3-9,12,17,20,24H,10-11H2,1-2H3,(H2,32,37)(H,34,39)(H,35,38)/t17?,20?,24-/m1/s1. The minimum atomic E-state index is -4.64. The van der Waals surface area contributed by atoms with Crippen LogP contribution in [0, 0.1) is 25.6 Å². The largest absolute Gasteiger partial charge is 0.389 e. The molecule has 1 aromatic heterocycles. The number of hydrogen-bond acceptors (Lipinski definition) is 6. The molecule has 1 aliphatic rings. The number of aryl methyl sites for hydroxylation is 2. The van der Waals surface area contributed by atoms with Gasteiger partial charge in [-0.15, -0.1) is 0 Å². The number of benzene rings is 2. The van der Waals surface area contributed by atoms with Gasteiger partial charge in [-0.25, -0.2) is 9.38 Å². The van der Waals surface area contributed by atoms with Gasteiger partial charge < -0.3 is 20.9 Å². The van der Waals surface area contributed by atoms with Gasteiger partial charge in [0, 0.05) is 23.1 Å². The minimum Gasteiger partial charge on any atom is -0.369 e. The molecule has 0 saturated carbocycles. The first-order chi connectivity index (χ1) is 18.9. The van der Waals surface area contributed by atoms with Crippen LogP contribution in [0.15, 0.2) is 58.2 Å². The van der Waals surface area contributed by atoms with Gasteiger partial charge in [-0.1, -0.05) is 23.4 Å². The van der Waals surface area contributed by atoms with Crippen molar-refractivity contribution in [2.24, 2.45) is 16.6 Å². The van der Waals surface area contributed by atoms with Crippen molar-refractivity contribution in [1.82, 2.24) is 10.5 Å². The van der Waals surface area contributed by atoms with Crippen LogP contribution in [0.1, 0.15) is 46.7 Å². The van der Waals surface area contributed by atoms with E-state index in [1.165, 1.54) is 31.2 Å². The van der Waals surface area contributed by atoms with Gasteiger partial charge in [0.15, 0.2) is 0 Å². The third-order valence-corrected chi connectivity index (χ3v) is 6.59. The number of alkyl halides is 3. The van der Waals surface area contributed by atoms with Gasteiger partial charge in [-0.3, -0.25) is 14.4 Å². The second-order valence-corrected chi connectivity index (χ2v) is 9.38. The summed E-state index contributed by atoms with van der Waals surface area (Å²) in [5.41, 5.74) is 7.98. The Balaban J connectivity index is 1.75. The van der Waals surface area contributed by atoms with Gasteiger partial charge in [0.2, 0.25) is 18.0 Å². The fourth-order valence-electron chi connectivity index (χ4n) is 4.59. The number of carbonyl (C=O) groups is 3. The van der Waals surface area contributed by atoms with Crippen LogP contribution in [0.3, 0.4) is 0 Å². The normalized spacial score (nSPS) is 16.7. The van der Waals surface area contributed by atoms with Gasteiger partial charge in [0.1, 0.15) is 12.1 Å². The van der Waals surface area contributed by atoms with Crippen molar-refractivity contribution >= 4 is 29.1 Å². The molecular formula is C27H25F4N5O4. The second kappa shape index (κ2) is 11.3. The van der Waals surface area contributed by atoms with Crippen LogP contribution in [-0.2, 0) is 14.4 Å². The monoisotopic (exact) mass is 559 g/mol. The Hall–Kier alpha value is -4.55. The number of hydrogen-bond donors (Lipinski definition) is 3. The number of rotatable bonds is 8. The van der Waals surface area contributed by atoms with E-state index in [2.05, 4.69) is 20.8 Å². The zero-order chi connectivity index (χ0) is 29.2. The number of nitrogens with one attached hydrogen (secondary N) is 2. The lowest BCUT2D eigenvalue weighted by Crippen LogP contribution is -2.47. The van der Waals surface area contributed by atoms with Crippen molar-refractivity contribution in [2.75, 3.05) is 5.32 Å². The molecule has 2 aromatic carbocycles. The van der Waals surface area contributed by atoms with E-state index in [9.17, 15) is 31.9 Å². The second-order valence-electron chi connectivity index (χ2n) is 9.38. The van der Waals surface area contributed by atoms with Crippen molar-refractivity contribution in [3.63, 3.8) is 0 Å². The lowest BCUT2D eigenvalue weighted by molar-refractivity contribution is -0.144. The summed E-state index contributed by atoms with van der Waals surface area (Å²) in [6.07, 6.45) is -7.41. The Bertz CT molecular complexity index is 1470. The Morgan fingerprint density at radius 3 is 2.45 bits per heavy atom. The molecule has 0 aliphatic carbocycles. The van der Waals surface area contributed by atoms with E-state index in [1.807, 2.05) is 0 Å². The molecule has 0 saturated heterocycles. The van der Waals surface area contributed by atoms with E-state index in [-0.39, 0.29) is 17.0 Å². The molecule has 0 bridgehead atoms. The number of nitrogens with two attached hydrogens (primary N) is 1. The summed E-state index contributed by atoms with van der Waals surface area (Å²) in [7, 11) is 0. The summed E-state index contributed by atoms with van der Waals surface area (Å²) < 4.78 is 58.1. The maximum Gasteiger partial charge on any atom is 0.389 e. The Kier molecular flexibility index (Phi) is 8.03. The highest BCUT2D eigenvalue weighted by molar-refractivity contribution is 6.20. The van der Waals surface area contributed by atoms with E-state index in [4.69, 9.17) is 10.3 Å². The molecule has 3 atom stereocenters. The first-order valence-corrected chi connectivity index (χ1v) is 12.2. The minimum absolute atomic E-state index is 0.0543. The Labute approximate surface area is 225 Å². The number of carbonyl (C=O) groups excluding carboxylic acids is 3. The van der Waals surface area contributed by atoms with Crippen molar-refractivity contribution < 1.29 is 36.5 Å². The Morgan fingerprint density at radius 2 is 1.85 bits per heavy atom. The van der Waals surface area contributed by atoms with E-state index in [0.717, 1.165) is 6.26 Å². The molecule has 4 N–H and O–H groups in total. The van der Waals surface area contributed by atoms with E-state index < -0.39 is 60.6 Å². The summed E-state index contributed by atoms with van der Waals surface area (Å²) in [4.78, 5) is 43.6. The molecule has 3 amide bonds. The van der Waals surface area contributed by atoms with Gasteiger partial charge in [-0.05, 0) is 50.1 Å². The van der Waals surface area contributed by atoms with Crippen molar-refractivity contribution in [1.29, 1.82) is 0 Å². The predicted octanol–water partition coefficient (Wildman–Crippen LogP) is 3.89. The van der Waals surface area contributed by atoms with Crippen molar-refractivity contribution in [2.45, 2.75) is 44.9 Å². The average molecular weight is 560 g/mol. The van der Waals surface area contributed by atoms with Crippen LogP contribution in [0.25, 0.3) is 0 Å². The van der Waals surface area contributed by atoms with E-state index >= 15 is 0 Å². The number of para-hydroxylation sites is 1. The fraction of sp³-hybridized carbons (Fsp3) is 0.296. The van der Waals surface area contributed by atoms with E-state index in [1.54, 1.807) is 25.1 Å². The predicted molar refractivity (Wildman–Crippen MR) is 136 cm³/mol. The molecule has 4 rings (SSSR count). The highest BCUT2D eigenvalue weighted by atomic mass is 19.4. The number of aromatic nitrogens is 1. The quantitative estimate of drug-likeness (QED) is 0.360. The van der Waals surface area contributed by atoms with Crippen LogP contribution < -0.4 is 16.4 Å². The smallest absolute Gasteiger partial charge is 0.369 e. The number of amides is 3. The molecule has 0 spiro atoms. The number of halogens is 4. The van der Waals surface area contributed by atoms with Crippen LogP contribution in [0.2, 0.25) is 0 Å². The highest BCUT2D eigenvalue weighted by Gasteiger charge is 2.40. The maximum atomic E-state index is 13.6. The summed E-state index contributed by atoms with van der Waals surface area (Å²) in [5, 5.41) is 8.73. The number of primary amides is 1. The molecule has 0 fully saturated rings. The molecule has 2 heterocycles. The number of fused-ring (bicyclic) bond motifs is 1. The zero-order valence-electron chi connectivity index (χ0n) is 21.4. The van der Waals surface area contributed by atoms with Gasteiger partial charge in [-0.2, -0.15) is 13.2 Å². The van der Waals surface area contributed by atoms with E-state index in [0.29, 0.717) is 22.4 Å². The topological polar surface area (TPSA) is 140 Å². The van der Waals surface area contributed by atoms with Crippen LogP contribution in [0.4, 0.5) is 23.2 Å². The average Bonchev–Trinajstić information content (AvgIpc) is 3.23. The zero-order valence-corrected chi connectivity index (χ0v) is 21.4. The lowest BCUT2D eigenvalue weighted by atomic mass is 9.82. The highest BCUT2D eigenvalue weighted by Crippen LogP contribution is 2.34. The lowest BCUT2D eigenvalue weighted by Gasteiger charge is -2.25. The number of aliphatic imine (C=N–C) groups is 1. The molecule has 9 nitrogen and oxygen atoms in total. The molecule has 0 radical (unpaired) electrons. The maximum absolute atomic E-state index is 13.6. The van der Waals surface area contributed by atoms with Crippen molar-refractivity contribution in [3.05, 3.63) is 82.5 Å². The molecule has 2 unspecified atom stereocenters. The fourth-order valence-corrected chi connectivity index (χ4v) is 4.59. The molecule has 210 valence electrons. The molecule has 40 heavy (non-hydrogen) atoms. The van der Waals surface area contributed by atoms with Gasteiger partial charge in [0.05, 0.1) is 28.9 Å². The van der Waals surface area contributed by atoms with Crippen molar-refractivity contribution in [3.8, 4) is 0 Å². The first kappa shape index (κ1) is 28.5. The molecule has 1 aliphatic heterocycles. The summed E-state index contributed by atoms with van der Waals surface area (Å²) >= 11 is 0. The SMILES string of the molecule is Cc1cccc2c1NC(=O)[C@@H](NC(=O)C(CCC(F)(F)F)C(C(N)=O)c1conc1C)N=C2c1ccc(F)cc1. The number of nitrogens with zero attached hydrogens (tertiary/aromatic N) is 2. The van der Waals surface area contributed by atoms with Gasteiger partial charge in [0.25, 0.3) is 5.91 Å². The summed E-state index contributed by atoms with van der Waals surface area (Å²) in [6, 6.07) is 10.4. The Morgan fingerprint density at radius 1 is 1.15 bits per heavy atom. The molecular weight excluding hydrogens is 534 g/mol. The number of benzodiazepines with no additional fused rings is 1. The molecule has 13 heteroatoms. The van der Waals surface area contributed by atoms with Crippen LogP contribution in [-0.4, -0.2) is 40.9 Å². The third-order valence-electron chi connectivity index (χ3n) is 6.59. The molecule has 3 aromatic rings. The van der Waals surface area contributed by atoms with Gasteiger partial charge >= 0.3 is 6.18 Å².